The molecular weight excluding hydrogens is 533 g/mol. The number of alkyl halides is 3. The third kappa shape index (κ3) is 5.18. The van der Waals surface area contributed by atoms with E-state index in [0.717, 1.165) is 12.1 Å². The zero-order valence-corrected chi connectivity index (χ0v) is 20.1. The predicted octanol–water partition coefficient (Wildman–Crippen LogP) is 5.84. The van der Waals surface area contributed by atoms with E-state index in [1.54, 1.807) is 6.07 Å². The number of hydrogen-bond acceptors (Lipinski definition) is 4. The number of nitrogens with zero attached hydrogens (tertiary/aromatic N) is 1. The van der Waals surface area contributed by atoms with Crippen molar-refractivity contribution in [1.82, 2.24) is 5.32 Å². The van der Waals surface area contributed by atoms with Crippen LogP contribution in [-0.2, 0) is 11.8 Å². The van der Waals surface area contributed by atoms with E-state index in [1.165, 1.54) is 25.1 Å². The topological polar surface area (TPSA) is 102 Å². The molecule has 1 aliphatic rings. The minimum atomic E-state index is -4.93. The molecule has 2 amide bonds. The first-order valence-corrected chi connectivity index (χ1v) is 11.3. The minimum Gasteiger partial charge on any atom is -0.384 e. The van der Waals surface area contributed by atoms with Crippen LogP contribution >= 0.6 is 11.6 Å². The van der Waals surface area contributed by atoms with Gasteiger partial charge in [0, 0.05) is 33.0 Å². The Labute approximate surface area is 217 Å². The van der Waals surface area contributed by atoms with Crippen LogP contribution in [0.2, 0.25) is 5.02 Å². The minimum absolute atomic E-state index is 0.0319. The SMILES string of the molecule is C[C@](O)(CC#N)c1cc(NC(=O)c2cc(F)cc(C(F)(F)F)c2)c2c(c1)C(=O)N[C@@H]2c1cc(F)ccc1Cl. The van der Waals surface area contributed by atoms with E-state index in [0.29, 0.717) is 12.1 Å². The van der Waals surface area contributed by atoms with Gasteiger partial charge in [0.05, 0.1) is 29.7 Å². The van der Waals surface area contributed by atoms with Crippen molar-refractivity contribution < 1.29 is 36.6 Å². The number of nitriles is 1. The van der Waals surface area contributed by atoms with Crippen LogP contribution < -0.4 is 10.6 Å². The van der Waals surface area contributed by atoms with Crippen LogP contribution in [0.4, 0.5) is 27.6 Å². The van der Waals surface area contributed by atoms with Gasteiger partial charge in [0.2, 0.25) is 0 Å². The summed E-state index contributed by atoms with van der Waals surface area (Å²) in [7, 11) is 0. The first kappa shape index (κ1) is 27.0. The maximum Gasteiger partial charge on any atom is 0.416 e. The molecule has 0 aromatic heterocycles. The predicted molar refractivity (Wildman–Crippen MR) is 126 cm³/mol. The van der Waals surface area contributed by atoms with Crippen molar-refractivity contribution in [2.24, 2.45) is 0 Å². The molecule has 2 atom stereocenters. The molecule has 0 spiro atoms. The number of nitrogens with one attached hydrogen (secondary N) is 2. The van der Waals surface area contributed by atoms with Gasteiger partial charge in [0.25, 0.3) is 11.8 Å². The Hall–Kier alpha value is -4.01. The Morgan fingerprint density at radius 2 is 1.82 bits per heavy atom. The number of carbonyl (C=O) groups excluding carboxylic acids is 2. The molecule has 4 rings (SSSR count). The molecule has 3 aromatic rings. The monoisotopic (exact) mass is 549 g/mol. The number of rotatable bonds is 5. The molecule has 196 valence electrons. The highest BCUT2D eigenvalue weighted by Gasteiger charge is 2.37. The Bertz CT molecular complexity index is 1520. The van der Waals surface area contributed by atoms with Gasteiger partial charge in [-0.15, -0.1) is 0 Å². The summed E-state index contributed by atoms with van der Waals surface area (Å²) in [5, 5.41) is 25.0. The lowest BCUT2D eigenvalue weighted by atomic mass is 9.87. The summed E-state index contributed by atoms with van der Waals surface area (Å²) in [5.41, 5.74) is -3.82. The lowest BCUT2D eigenvalue weighted by molar-refractivity contribution is -0.137. The van der Waals surface area contributed by atoms with Crippen LogP contribution in [-0.4, -0.2) is 16.9 Å². The molecule has 3 aromatic carbocycles. The van der Waals surface area contributed by atoms with E-state index < -0.39 is 58.8 Å². The Morgan fingerprint density at radius 3 is 2.47 bits per heavy atom. The van der Waals surface area contributed by atoms with Crippen LogP contribution in [0, 0.1) is 23.0 Å². The molecule has 0 aliphatic carbocycles. The van der Waals surface area contributed by atoms with Crippen LogP contribution in [0.1, 0.15) is 62.4 Å². The Balaban J connectivity index is 1.88. The van der Waals surface area contributed by atoms with Crippen LogP contribution in [0.3, 0.4) is 0 Å². The van der Waals surface area contributed by atoms with Gasteiger partial charge >= 0.3 is 6.18 Å². The molecule has 0 saturated carbocycles. The van der Waals surface area contributed by atoms with E-state index in [1.807, 2.05) is 0 Å². The zero-order valence-electron chi connectivity index (χ0n) is 19.4. The summed E-state index contributed by atoms with van der Waals surface area (Å²) < 4.78 is 67.6. The maximum absolute atomic E-state index is 14.1. The largest absolute Gasteiger partial charge is 0.416 e. The highest BCUT2D eigenvalue weighted by molar-refractivity contribution is 6.31. The van der Waals surface area contributed by atoms with Gasteiger partial charge in [-0.05, 0) is 61.0 Å². The molecule has 12 heteroatoms. The van der Waals surface area contributed by atoms with Crippen LogP contribution in [0.5, 0.6) is 0 Å². The summed E-state index contributed by atoms with van der Waals surface area (Å²) in [6.45, 7) is 1.29. The number of amides is 2. The summed E-state index contributed by atoms with van der Waals surface area (Å²) in [6, 6.07) is 7.94. The third-order valence-electron chi connectivity index (χ3n) is 6.04. The zero-order chi connectivity index (χ0) is 28.0. The highest BCUT2D eigenvalue weighted by Crippen LogP contribution is 2.42. The van der Waals surface area contributed by atoms with E-state index in [4.69, 9.17) is 16.9 Å². The quantitative estimate of drug-likeness (QED) is 0.348. The second-order valence-electron chi connectivity index (χ2n) is 8.85. The van der Waals surface area contributed by atoms with E-state index >= 15 is 0 Å². The Kier molecular flexibility index (Phi) is 6.90. The fourth-order valence-corrected chi connectivity index (χ4v) is 4.38. The summed E-state index contributed by atoms with van der Waals surface area (Å²) in [5.74, 6) is -3.81. The fourth-order valence-electron chi connectivity index (χ4n) is 4.15. The van der Waals surface area contributed by atoms with E-state index in [-0.39, 0.29) is 39.0 Å². The number of benzene rings is 3. The van der Waals surface area contributed by atoms with Crippen molar-refractivity contribution in [3.63, 3.8) is 0 Å². The second kappa shape index (κ2) is 9.70. The summed E-state index contributed by atoms with van der Waals surface area (Å²) in [4.78, 5) is 25.9. The van der Waals surface area contributed by atoms with Crippen molar-refractivity contribution in [3.8, 4) is 6.07 Å². The summed E-state index contributed by atoms with van der Waals surface area (Å²) in [6.07, 6.45) is -5.33. The van der Waals surface area contributed by atoms with Gasteiger partial charge in [-0.1, -0.05) is 11.6 Å². The maximum atomic E-state index is 14.1. The third-order valence-corrected chi connectivity index (χ3v) is 6.38. The number of fused-ring (bicyclic) bond motifs is 1. The van der Waals surface area contributed by atoms with Crippen molar-refractivity contribution in [2.75, 3.05) is 5.32 Å². The molecule has 1 heterocycles. The standard InChI is InChI=1S/C26H17ClF5N3O3/c1-25(38,4-5-33)13-9-18-21(22(35-24(18)37)17-11-15(28)2-3-19(17)27)20(10-13)34-23(36)12-6-14(26(30,31)32)8-16(29)7-12/h2-3,6-11,22,38H,4H2,1H3,(H,34,36)(H,35,37)/t22-,25+/m1/s1. The smallest absolute Gasteiger partial charge is 0.384 e. The first-order valence-electron chi connectivity index (χ1n) is 10.9. The molecule has 0 saturated heterocycles. The van der Waals surface area contributed by atoms with Gasteiger partial charge in [0.15, 0.2) is 0 Å². The number of halogens is 6. The second-order valence-corrected chi connectivity index (χ2v) is 9.25. The number of hydrogen-bond donors (Lipinski definition) is 3. The van der Waals surface area contributed by atoms with Gasteiger partial charge in [-0.2, -0.15) is 18.4 Å². The van der Waals surface area contributed by atoms with Gasteiger partial charge in [-0.3, -0.25) is 9.59 Å². The number of anilines is 1. The van der Waals surface area contributed by atoms with Gasteiger partial charge in [-0.25, -0.2) is 8.78 Å². The molecule has 0 radical (unpaired) electrons. The fraction of sp³-hybridized carbons (Fsp3) is 0.192. The number of carbonyl (C=O) groups is 2. The molecule has 0 unspecified atom stereocenters. The lowest BCUT2D eigenvalue weighted by Gasteiger charge is -2.24. The molecular formula is C26H17ClF5N3O3. The number of aliphatic hydroxyl groups is 1. The Morgan fingerprint density at radius 1 is 1.11 bits per heavy atom. The molecule has 3 N–H and O–H groups in total. The van der Waals surface area contributed by atoms with Crippen molar-refractivity contribution in [1.29, 1.82) is 5.26 Å². The molecule has 0 fully saturated rings. The molecule has 6 nitrogen and oxygen atoms in total. The average molecular weight is 550 g/mol. The van der Waals surface area contributed by atoms with Crippen LogP contribution in [0.15, 0.2) is 48.5 Å². The van der Waals surface area contributed by atoms with Crippen molar-refractivity contribution in [2.45, 2.75) is 31.2 Å². The normalized spacial score (nSPS) is 16.3. The van der Waals surface area contributed by atoms with E-state index in [9.17, 15) is 36.6 Å². The highest BCUT2D eigenvalue weighted by atomic mass is 35.5. The van der Waals surface area contributed by atoms with Crippen molar-refractivity contribution >= 4 is 29.1 Å². The molecule has 1 aliphatic heterocycles. The summed E-state index contributed by atoms with van der Waals surface area (Å²) >= 11 is 6.24. The van der Waals surface area contributed by atoms with E-state index in [2.05, 4.69) is 10.6 Å². The van der Waals surface area contributed by atoms with Gasteiger partial charge < -0.3 is 15.7 Å². The van der Waals surface area contributed by atoms with Crippen LogP contribution in [0.25, 0.3) is 0 Å². The van der Waals surface area contributed by atoms with Crippen molar-refractivity contribution in [3.05, 3.63) is 98.6 Å². The molecule has 38 heavy (non-hydrogen) atoms. The molecule has 0 bridgehead atoms. The van der Waals surface area contributed by atoms with Gasteiger partial charge in [0.1, 0.15) is 11.6 Å². The first-order chi connectivity index (χ1) is 17.7. The average Bonchev–Trinajstić information content (AvgIpc) is 3.16. The lowest BCUT2D eigenvalue weighted by Crippen LogP contribution is -2.22.